The van der Waals surface area contributed by atoms with E-state index in [9.17, 15) is 4.79 Å². The fraction of sp³-hybridized carbons (Fsp3) is 0.381. The van der Waals surface area contributed by atoms with Gasteiger partial charge in [0.2, 0.25) is 5.75 Å². The summed E-state index contributed by atoms with van der Waals surface area (Å²) in [5, 5.41) is 0. The molecule has 146 valence electrons. The third-order valence-corrected chi connectivity index (χ3v) is 4.53. The highest BCUT2D eigenvalue weighted by atomic mass is 16.5. The van der Waals surface area contributed by atoms with Crippen molar-refractivity contribution in [2.45, 2.75) is 20.4 Å². The monoisotopic (exact) mass is 373 g/mol. The number of amides is 1. The molecule has 0 unspecified atom stereocenters. The number of methoxy groups -OCH3 is 3. The fourth-order valence-electron chi connectivity index (χ4n) is 2.76. The largest absolute Gasteiger partial charge is 0.493 e. The van der Waals surface area contributed by atoms with E-state index in [2.05, 4.69) is 0 Å². The first-order valence-corrected chi connectivity index (χ1v) is 8.63. The molecule has 0 aliphatic rings. The van der Waals surface area contributed by atoms with Gasteiger partial charge in [0.1, 0.15) is 5.75 Å². The predicted molar refractivity (Wildman–Crippen MR) is 104 cm³/mol. The molecule has 6 heteroatoms. The minimum absolute atomic E-state index is 0.0314. The number of aryl methyl sites for hydroxylation is 1. The summed E-state index contributed by atoms with van der Waals surface area (Å²) in [5.74, 6) is 2.22. The Balaban J connectivity index is 2.09. The number of likely N-dealkylation sites (N-methyl/N-ethyl adjacent to an activating group) is 1. The lowest BCUT2D eigenvalue weighted by molar-refractivity contribution is -0.132. The van der Waals surface area contributed by atoms with Crippen LogP contribution >= 0.6 is 0 Å². The lowest BCUT2D eigenvalue weighted by Gasteiger charge is -2.21. The molecular weight excluding hydrogens is 346 g/mol. The number of hydrogen-bond acceptors (Lipinski definition) is 5. The van der Waals surface area contributed by atoms with Crippen molar-refractivity contribution >= 4 is 5.91 Å². The van der Waals surface area contributed by atoms with Gasteiger partial charge in [-0.05, 0) is 43.2 Å². The number of carbonyl (C=O) groups is 1. The van der Waals surface area contributed by atoms with Gasteiger partial charge in [0.05, 0.1) is 21.3 Å². The highest BCUT2D eigenvalue weighted by molar-refractivity contribution is 5.77. The summed E-state index contributed by atoms with van der Waals surface area (Å²) in [6.07, 6.45) is 0. The molecule has 2 aromatic carbocycles. The molecule has 0 aliphatic heterocycles. The van der Waals surface area contributed by atoms with Gasteiger partial charge in [-0.2, -0.15) is 0 Å². The van der Waals surface area contributed by atoms with E-state index in [1.54, 1.807) is 39.3 Å². The average molecular weight is 373 g/mol. The molecule has 1 amide bonds. The van der Waals surface area contributed by atoms with Gasteiger partial charge in [0.25, 0.3) is 5.91 Å². The van der Waals surface area contributed by atoms with Crippen molar-refractivity contribution in [3.05, 3.63) is 47.0 Å². The second-order valence-electron chi connectivity index (χ2n) is 6.23. The van der Waals surface area contributed by atoms with Crippen LogP contribution in [0.5, 0.6) is 23.0 Å². The number of benzene rings is 2. The summed E-state index contributed by atoms with van der Waals surface area (Å²) in [7, 11) is 6.41. The van der Waals surface area contributed by atoms with Crippen LogP contribution in [-0.2, 0) is 11.3 Å². The van der Waals surface area contributed by atoms with Crippen molar-refractivity contribution < 1.29 is 23.7 Å². The van der Waals surface area contributed by atoms with Gasteiger partial charge in [0, 0.05) is 19.2 Å². The molecule has 2 aromatic rings. The summed E-state index contributed by atoms with van der Waals surface area (Å²) in [6, 6.07) is 9.45. The Bertz CT molecular complexity index is 803. The van der Waals surface area contributed by atoms with Crippen molar-refractivity contribution in [3.8, 4) is 23.0 Å². The lowest BCUT2D eigenvalue weighted by atomic mass is 10.1. The van der Waals surface area contributed by atoms with E-state index >= 15 is 0 Å². The SMILES string of the molecule is COc1ccc(CN(C)C(=O)COc2cccc(C)c2C)c(OC)c1OC. The Labute approximate surface area is 160 Å². The molecule has 0 N–H and O–H groups in total. The summed E-state index contributed by atoms with van der Waals surface area (Å²) < 4.78 is 21.9. The Kier molecular flexibility index (Phi) is 6.93. The molecule has 0 heterocycles. The van der Waals surface area contributed by atoms with Gasteiger partial charge in [0.15, 0.2) is 18.1 Å². The van der Waals surface area contributed by atoms with Gasteiger partial charge >= 0.3 is 0 Å². The molecule has 0 radical (unpaired) electrons. The van der Waals surface area contributed by atoms with E-state index in [4.69, 9.17) is 18.9 Å². The van der Waals surface area contributed by atoms with Gasteiger partial charge in [-0.15, -0.1) is 0 Å². The number of hydrogen-bond donors (Lipinski definition) is 0. The molecule has 2 rings (SSSR count). The van der Waals surface area contributed by atoms with Gasteiger partial charge in [-0.3, -0.25) is 4.79 Å². The highest BCUT2D eigenvalue weighted by Gasteiger charge is 2.19. The average Bonchev–Trinajstić information content (AvgIpc) is 2.68. The Morgan fingerprint density at radius 1 is 0.926 bits per heavy atom. The molecule has 0 saturated heterocycles. The molecule has 0 fully saturated rings. The first-order valence-electron chi connectivity index (χ1n) is 8.63. The number of carbonyl (C=O) groups excluding carboxylic acids is 1. The van der Waals surface area contributed by atoms with Crippen LogP contribution in [0.25, 0.3) is 0 Å². The van der Waals surface area contributed by atoms with E-state index in [0.29, 0.717) is 23.8 Å². The smallest absolute Gasteiger partial charge is 0.260 e. The predicted octanol–water partition coefficient (Wildman–Crippen LogP) is 3.37. The highest BCUT2D eigenvalue weighted by Crippen LogP contribution is 2.40. The van der Waals surface area contributed by atoms with Gasteiger partial charge in [-0.1, -0.05) is 12.1 Å². The second kappa shape index (κ2) is 9.16. The van der Waals surface area contributed by atoms with Gasteiger partial charge in [-0.25, -0.2) is 0 Å². The van der Waals surface area contributed by atoms with Crippen LogP contribution in [0.2, 0.25) is 0 Å². The molecule has 0 bridgehead atoms. The quantitative estimate of drug-likeness (QED) is 0.710. The first kappa shape index (κ1) is 20.4. The van der Waals surface area contributed by atoms with Crippen LogP contribution in [-0.4, -0.2) is 45.8 Å². The van der Waals surface area contributed by atoms with Crippen molar-refractivity contribution in [1.29, 1.82) is 0 Å². The molecule has 0 atom stereocenters. The molecular formula is C21H27NO5. The van der Waals surface area contributed by atoms with E-state index in [0.717, 1.165) is 22.4 Å². The van der Waals surface area contributed by atoms with E-state index in [1.165, 1.54) is 0 Å². The Morgan fingerprint density at radius 3 is 2.26 bits per heavy atom. The maximum Gasteiger partial charge on any atom is 0.260 e. The third-order valence-electron chi connectivity index (χ3n) is 4.53. The lowest BCUT2D eigenvalue weighted by Crippen LogP contribution is -2.31. The summed E-state index contributed by atoms with van der Waals surface area (Å²) in [6.45, 7) is 4.32. The first-order chi connectivity index (χ1) is 12.9. The van der Waals surface area contributed by atoms with Crippen LogP contribution < -0.4 is 18.9 Å². The van der Waals surface area contributed by atoms with Crippen LogP contribution in [0.15, 0.2) is 30.3 Å². The topological polar surface area (TPSA) is 57.2 Å². The zero-order valence-electron chi connectivity index (χ0n) is 16.8. The summed E-state index contributed by atoms with van der Waals surface area (Å²) >= 11 is 0. The molecule has 0 spiro atoms. The maximum atomic E-state index is 12.5. The van der Waals surface area contributed by atoms with Crippen molar-refractivity contribution in [2.24, 2.45) is 0 Å². The normalized spacial score (nSPS) is 10.3. The minimum atomic E-state index is -0.132. The Hall–Kier alpha value is -2.89. The maximum absolute atomic E-state index is 12.5. The van der Waals surface area contributed by atoms with E-state index < -0.39 is 0 Å². The fourth-order valence-corrected chi connectivity index (χ4v) is 2.76. The van der Waals surface area contributed by atoms with E-state index in [-0.39, 0.29) is 12.5 Å². The van der Waals surface area contributed by atoms with Gasteiger partial charge < -0.3 is 23.8 Å². The van der Waals surface area contributed by atoms with Crippen molar-refractivity contribution in [1.82, 2.24) is 4.90 Å². The molecule has 6 nitrogen and oxygen atoms in total. The number of rotatable bonds is 8. The van der Waals surface area contributed by atoms with Crippen molar-refractivity contribution in [2.75, 3.05) is 35.0 Å². The van der Waals surface area contributed by atoms with Crippen LogP contribution in [0.4, 0.5) is 0 Å². The summed E-state index contributed by atoms with van der Waals surface area (Å²) in [5.41, 5.74) is 2.98. The minimum Gasteiger partial charge on any atom is -0.493 e. The zero-order chi connectivity index (χ0) is 20.0. The number of ether oxygens (including phenoxy) is 4. The van der Waals surface area contributed by atoms with Crippen LogP contribution in [0.3, 0.4) is 0 Å². The molecule has 0 saturated carbocycles. The standard InChI is InChI=1S/C21H27NO5/c1-14-8-7-9-17(15(14)2)27-13-19(23)22(3)12-16-10-11-18(24-4)21(26-6)20(16)25-5/h7-11H,12-13H2,1-6H3. The third kappa shape index (κ3) is 4.64. The second-order valence-corrected chi connectivity index (χ2v) is 6.23. The van der Waals surface area contributed by atoms with E-state index in [1.807, 2.05) is 38.1 Å². The number of nitrogens with zero attached hydrogens (tertiary/aromatic N) is 1. The molecule has 0 aromatic heterocycles. The molecule has 0 aliphatic carbocycles. The molecule has 27 heavy (non-hydrogen) atoms. The zero-order valence-corrected chi connectivity index (χ0v) is 16.8. The van der Waals surface area contributed by atoms with Crippen LogP contribution in [0.1, 0.15) is 16.7 Å². The Morgan fingerprint density at radius 2 is 1.63 bits per heavy atom. The van der Waals surface area contributed by atoms with Crippen LogP contribution in [0, 0.1) is 13.8 Å². The van der Waals surface area contributed by atoms with Crippen molar-refractivity contribution in [3.63, 3.8) is 0 Å². The summed E-state index contributed by atoms with van der Waals surface area (Å²) in [4.78, 5) is 14.1.